The summed E-state index contributed by atoms with van der Waals surface area (Å²) < 4.78 is 0. The molecule has 2 heteroatoms. The van der Waals surface area contributed by atoms with Crippen molar-refractivity contribution in [1.82, 2.24) is 4.90 Å². The summed E-state index contributed by atoms with van der Waals surface area (Å²) in [5.41, 5.74) is 4.75. The lowest BCUT2D eigenvalue weighted by atomic mass is 9.85. The van der Waals surface area contributed by atoms with Crippen LogP contribution in [0, 0.1) is 0 Å². The van der Waals surface area contributed by atoms with Crippen molar-refractivity contribution in [2.75, 3.05) is 0 Å². The summed E-state index contributed by atoms with van der Waals surface area (Å²) in [6, 6.07) is 28.9. The molecule has 3 rings (SSSR count). The topological polar surface area (TPSA) is 20.3 Å². The molecule has 0 bridgehead atoms. The second-order valence-corrected chi connectivity index (χ2v) is 8.76. The lowest BCUT2D eigenvalue weighted by Gasteiger charge is -2.27. The summed E-state index contributed by atoms with van der Waals surface area (Å²) in [4.78, 5) is 15.4. The van der Waals surface area contributed by atoms with Gasteiger partial charge in [0, 0.05) is 13.1 Å². The molecule has 0 aliphatic heterocycles. The highest BCUT2D eigenvalue weighted by Crippen LogP contribution is 2.26. The van der Waals surface area contributed by atoms with E-state index in [4.69, 9.17) is 0 Å². The zero-order chi connectivity index (χ0) is 20.9. The van der Waals surface area contributed by atoms with Crippen molar-refractivity contribution in [2.24, 2.45) is 0 Å². The van der Waals surface area contributed by atoms with E-state index in [9.17, 15) is 4.79 Å². The summed E-state index contributed by atoms with van der Waals surface area (Å²) in [5.74, 6) is -0.0299. The van der Waals surface area contributed by atoms with Crippen LogP contribution in [0.4, 0.5) is 0 Å². The first-order valence-electron chi connectivity index (χ1n) is 10.3. The minimum absolute atomic E-state index is 0.110. The number of amides is 1. The van der Waals surface area contributed by atoms with E-state index in [-0.39, 0.29) is 17.2 Å². The molecule has 0 aliphatic carbocycles. The average molecular weight is 386 g/mol. The molecule has 0 fully saturated rings. The molecule has 2 nitrogen and oxygen atoms in total. The number of carbonyl (C=O) groups excluding carboxylic acids is 1. The molecule has 0 aliphatic rings. The van der Waals surface area contributed by atoms with Crippen LogP contribution in [-0.4, -0.2) is 10.8 Å². The van der Waals surface area contributed by atoms with Crippen LogP contribution in [0.25, 0.3) is 0 Å². The summed E-state index contributed by atoms with van der Waals surface area (Å²) in [5, 5.41) is 0. The van der Waals surface area contributed by atoms with Gasteiger partial charge in [-0.25, -0.2) is 0 Å². The number of carbonyl (C=O) groups is 1. The predicted molar refractivity (Wildman–Crippen MR) is 121 cm³/mol. The summed E-state index contributed by atoms with van der Waals surface area (Å²) in [6.07, 6.45) is 0. The quantitative estimate of drug-likeness (QED) is 0.486. The van der Waals surface area contributed by atoms with Crippen LogP contribution in [0.3, 0.4) is 0 Å². The van der Waals surface area contributed by atoms with E-state index in [2.05, 4.69) is 69.3 Å². The molecule has 1 atom stereocenters. The van der Waals surface area contributed by atoms with Gasteiger partial charge in [0.25, 0.3) is 0 Å². The maximum absolute atomic E-state index is 13.5. The number of benzene rings is 3. The molecular formula is C27H31NO. The lowest BCUT2D eigenvalue weighted by Crippen LogP contribution is -2.33. The van der Waals surface area contributed by atoms with Crippen LogP contribution in [0.15, 0.2) is 84.9 Å². The molecule has 0 N–H and O–H groups in total. The molecule has 29 heavy (non-hydrogen) atoms. The van der Waals surface area contributed by atoms with Gasteiger partial charge < -0.3 is 4.90 Å². The lowest BCUT2D eigenvalue weighted by molar-refractivity contribution is -0.133. The fourth-order valence-electron chi connectivity index (χ4n) is 3.51. The Balaban J connectivity index is 1.82. The minimum Gasteiger partial charge on any atom is -0.334 e. The van der Waals surface area contributed by atoms with Gasteiger partial charge in [0.15, 0.2) is 0 Å². The minimum atomic E-state index is -0.184. The first-order valence-corrected chi connectivity index (χ1v) is 10.3. The Hall–Kier alpha value is -2.87. The Labute approximate surface area is 175 Å². The van der Waals surface area contributed by atoms with Gasteiger partial charge in [0.2, 0.25) is 5.91 Å². The summed E-state index contributed by atoms with van der Waals surface area (Å²) in [6.45, 7) is 9.85. The number of hydrogen-bond donors (Lipinski definition) is 0. The highest BCUT2D eigenvalue weighted by Gasteiger charge is 2.23. The molecule has 1 unspecified atom stereocenters. The van der Waals surface area contributed by atoms with Gasteiger partial charge in [0.05, 0.1) is 5.92 Å². The first-order chi connectivity index (χ1) is 13.8. The van der Waals surface area contributed by atoms with Crippen molar-refractivity contribution in [1.29, 1.82) is 0 Å². The van der Waals surface area contributed by atoms with E-state index in [0.29, 0.717) is 13.1 Å². The van der Waals surface area contributed by atoms with E-state index in [1.165, 1.54) is 5.56 Å². The van der Waals surface area contributed by atoms with Crippen LogP contribution in [-0.2, 0) is 23.3 Å². The van der Waals surface area contributed by atoms with Gasteiger partial charge in [0.1, 0.15) is 0 Å². The highest BCUT2D eigenvalue weighted by atomic mass is 16.2. The van der Waals surface area contributed by atoms with Gasteiger partial charge in [-0.2, -0.15) is 0 Å². The Bertz CT molecular complexity index is 867. The standard InChI is InChI=1S/C27H31NO/c1-21(24-15-17-25(18-16-24)27(2,3)4)26(29)28(19-22-11-7-5-8-12-22)20-23-13-9-6-10-14-23/h5-18,21H,19-20H2,1-4H3. The van der Waals surface area contributed by atoms with Gasteiger partial charge in [-0.15, -0.1) is 0 Å². The van der Waals surface area contributed by atoms with E-state index in [0.717, 1.165) is 16.7 Å². The van der Waals surface area contributed by atoms with Crippen LogP contribution >= 0.6 is 0 Å². The molecule has 0 radical (unpaired) electrons. The predicted octanol–water partition coefficient (Wildman–Crippen LogP) is 6.32. The van der Waals surface area contributed by atoms with E-state index in [1.54, 1.807) is 0 Å². The first kappa shape index (κ1) is 20.9. The van der Waals surface area contributed by atoms with Crippen molar-refractivity contribution in [2.45, 2.75) is 52.1 Å². The second-order valence-electron chi connectivity index (χ2n) is 8.76. The second kappa shape index (κ2) is 9.09. The Kier molecular flexibility index (Phi) is 6.53. The third-order valence-corrected chi connectivity index (χ3v) is 5.39. The molecule has 0 saturated heterocycles. The zero-order valence-electron chi connectivity index (χ0n) is 17.9. The normalized spacial score (nSPS) is 12.4. The van der Waals surface area contributed by atoms with Gasteiger partial charge in [-0.3, -0.25) is 4.79 Å². The fourth-order valence-corrected chi connectivity index (χ4v) is 3.51. The third-order valence-electron chi connectivity index (χ3n) is 5.39. The van der Waals surface area contributed by atoms with Crippen LogP contribution in [0.5, 0.6) is 0 Å². The molecule has 150 valence electrons. The maximum Gasteiger partial charge on any atom is 0.230 e. The summed E-state index contributed by atoms with van der Waals surface area (Å²) in [7, 11) is 0. The smallest absolute Gasteiger partial charge is 0.230 e. The molecule has 1 amide bonds. The molecule has 0 heterocycles. The Morgan fingerprint density at radius 2 is 1.21 bits per heavy atom. The third kappa shape index (κ3) is 5.57. The molecule has 3 aromatic carbocycles. The number of hydrogen-bond acceptors (Lipinski definition) is 1. The molecule has 0 spiro atoms. The van der Waals surface area contributed by atoms with E-state index < -0.39 is 0 Å². The van der Waals surface area contributed by atoms with Gasteiger partial charge >= 0.3 is 0 Å². The van der Waals surface area contributed by atoms with Crippen molar-refractivity contribution >= 4 is 5.91 Å². The van der Waals surface area contributed by atoms with Crippen molar-refractivity contribution < 1.29 is 4.79 Å². The van der Waals surface area contributed by atoms with Crippen LogP contribution < -0.4 is 0 Å². The van der Waals surface area contributed by atoms with Crippen molar-refractivity contribution in [3.05, 3.63) is 107 Å². The maximum atomic E-state index is 13.5. The molecule has 0 aromatic heterocycles. The molecular weight excluding hydrogens is 354 g/mol. The average Bonchev–Trinajstić information content (AvgIpc) is 2.73. The largest absolute Gasteiger partial charge is 0.334 e. The number of rotatable bonds is 6. The van der Waals surface area contributed by atoms with Gasteiger partial charge in [-0.1, -0.05) is 106 Å². The van der Waals surface area contributed by atoms with Gasteiger partial charge in [-0.05, 0) is 34.6 Å². The highest BCUT2D eigenvalue weighted by molar-refractivity contribution is 5.83. The molecule has 3 aromatic rings. The van der Waals surface area contributed by atoms with Crippen molar-refractivity contribution in [3.8, 4) is 0 Å². The van der Waals surface area contributed by atoms with E-state index in [1.807, 2.05) is 48.2 Å². The Morgan fingerprint density at radius 3 is 1.62 bits per heavy atom. The van der Waals surface area contributed by atoms with Crippen LogP contribution in [0.1, 0.15) is 55.9 Å². The molecule has 0 saturated carbocycles. The monoisotopic (exact) mass is 385 g/mol. The van der Waals surface area contributed by atoms with Crippen LogP contribution in [0.2, 0.25) is 0 Å². The summed E-state index contributed by atoms with van der Waals surface area (Å²) >= 11 is 0. The van der Waals surface area contributed by atoms with E-state index >= 15 is 0 Å². The number of nitrogens with zero attached hydrogens (tertiary/aromatic N) is 1. The Morgan fingerprint density at radius 1 is 0.759 bits per heavy atom. The fraction of sp³-hybridized carbons (Fsp3) is 0.296. The van der Waals surface area contributed by atoms with Crippen molar-refractivity contribution in [3.63, 3.8) is 0 Å². The zero-order valence-corrected chi connectivity index (χ0v) is 17.9. The SMILES string of the molecule is CC(C(=O)N(Cc1ccccc1)Cc1ccccc1)c1ccc(C(C)(C)C)cc1.